The van der Waals surface area contributed by atoms with E-state index in [0.717, 1.165) is 6.42 Å². The quantitative estimate of drug-likeness (QED) is 0.506. The summed E-state index contributed by atoms with van der Waals surface area (Å²) in [6.07, 6.45) is 0.804. The SMILES string of the molecule is CC(C#N)CCCl. The first kappa shape index (κ1) is 6.78. The van der Waals surface area contributed by atoms with E-state index < -0.39 is 0 Å². The maximum atomic E-state index is 8.16. The summed E-state index contributed by atoms with van der Waals surface area (Å²) in [5, 5.41) is 8.16. The molecule has 0 aliphatic carbocycles. The fourth-order valence-corrected chi connectivity index (χ4v) is 0.556. The first-order valence-electron chi connectivity index (χ1n) is 2.27. The first-order chi connectivity index (χ1) is 3.31. The second-order valence-corrected chi connectivity index (χ2v) is 1.89. The van der Waals surface area contributed by atoms with Crippen molar-refractivity contribution < 1.29 is 0 Å². The Morgan fingerprint density at radius 2 is 2.43 bits per heavy atom. The van der Waals surface area contributed by atoms with Gasteiger partial charge < -0.3 is 0 Å². The van der Waals surface area contributed by atoms with Gasteiger partial charge in [-0.05, 0) is 13.3 Å². The number of alkyl halides is 1. The normalized spacial score (nSPS) is 12.7. The van der Waals surface area contributed by atoms with E-state index in [4.69, 9.17) is 16.9 Å². The molecule has 0 saturated carbocycles. The van der Waals surface area contributed by atoms with Crippen LogP contribution in [0.4, 0.5) is 0 Å². The molecule has 0 amide bonds. The maximum absolute atomic E-state index is 8.16. The van der Waals surface area contributed by atoms with Crippen LogP contribution in [0, 0.1) is 17.2 Å². The van der Waals surface area contributed by atoms with Crippen LogP contribution in [0.25, 0.3) is 0 Å². The number of halogens is 1. The molecular weight excluding hydrogens is 110 g/mol. The summed E-state index contributed by atoms with van der Waals surface area (Å²) in [5.74, 6) is 0.715. The van der Waals surface area contributed by atoms with Gasteiger partial charge in [-0.2, -0.15) is 5.26 Å². The fraction of sp³-hybridized carbons (Fsp3) is 0.800. The van der Waals surface area contributed by atoms with Crippen LogP contribution in [0.3, 0.4) is 0 Å². The molecule has 0 N–H and O–H groups in total. The Hall–Kier alpha value is -0.220. The molecule has 0 aromatic carbocycles. The Morgan fingerprint density at radius 3 is 2.57 bits per heavy atom. The van der Waals surface area contributed by atoms with Crippen molar-refractivity contribution in [3.05, 3.63) is 0 Å². The maximum Gasteiger partial charge on any atom is 0.0653 e. The van der Waals surface area contributed by atoms with Gasteiger partial charge in [0.2, 0.25) is 0 Å². The third-order valence-corrected chi connectivity index (χ3v) is 0.981. The minimum absolute atomic E-state index is 0.123. The van der Waals surface area contributed by atoms with Gasteiger partial charge in [-0.1, -0.05) is 0 Å². The van der Waals surface area contributed by atoms with Gasteiger partial charge in [0.25, 0.3) is 0 Å². The fourth-order valence-electron chi connectivity index (χ4n) is 0.228. The highest BCUT2D eigenvalue weighted by Gasteiger charge is 1.93. The molecule has 0 aromatic rings. The highest BCUT2D eigenvalue weighted by molar-refractivity contribution is 6.17. The van der Waals surface area contributed by atoms with Crippen molar-refractivity contribution >= 4 is 11.6 Å². The highest BCUT2D eigenvalue weighted by atomic mass is 35.5. The molecule has 1 atom stereocenters. The predicted octanol–water partition coefficient (Wildman–Crippen LogP) is 1.77. The van der Waals surface area contributed by atoms with Crippen LogP contribution in [-0.4, -0.2) is 5.88 Å². The van der Waals surface area contributed by atoms with E-state index in [1.807, 2.05) is 6.92 Å². The second kappa shape index (κ2) is 3.95. The number of nitriles is 1. The molecule has 0 heterocycles. The topological polar surface area (TPSA) is 23.8 Å². The van der Waals surface area contributed by atoms with Crippen LogP contribution in [-0.2, 0) is 0 Å². The lowest BCUT2D eigenvalue weighted by Crippen LogP contribution is -1.88. The van der Waals surface area contributed by atoms with E-state index in [1.165, 1.54) is 0 Å². The molecule has 0 spiro atoms. The number of rotatable bonds is 2. The molecule has 0 aliphatic heterocycles. The summed E-state index contributed by atoms with van der Waals surface area (Å²) in [6.45, 7) is 1.86. The molecule has 0 aliphatic rings. The summed E-state index contributed by atoms with van der Waals surface area (Å²) in [5.41, 5.74) is 0. The van der Waals surface area contributed by atoms with Crippen molar-refractivity contribution in [2.24, 2.45) is 5.92 Å². The third kappa shape index (κ3) is 3.61. The molecule has 0 radical (unpaired) electrons. The van der Waals surface area contributed by atoms with E-state index in [1.54, 1.807) is 0 Å². The molecule has 0 aromatic heterocycles. The smallest absolute Gasteiger partial charge is 0.0653 e. The van der Waals surface area contributed by atoms with Crippen LogP contribution in [0.1, 0.15) is 13.3 Å². The Labute approximate surface area is 48.9 Å². The molecule has 1 nitrogen and oxygen atoms in total. The van der Waals surface area contributed by atoms with Gasteiger partial charge in [0.1, 0.15) is 0 Å². The number of nitrogens with zero attached hydrogens (tertiary/aromatic N) is 1. The van der Waals surface area contributed by atoms with E-state index in [9.17, 15) is 0 Å². The lowest BCUT2D eigenvalue weighted by Gasteiger charge is -1.91. The van der Waals surface area contributed by atoms with Gasteiger partial charge >= 0.3 is 0 Å². The number of hydrogen-bond acceptors (Lipinski definition) is 1. The molecule has 40 valence electrons. The van der Waals surface area contributed by atoms with Gasteiger partial charge in [-0.3, -0.25) is 0 Å². The van der Waals surface area contributed by atoms with Crippen molar-refractivity contribution in [2.45, 2.75) is 13.3 Å². The minimum Gasteiger partial charge on any atom is -0.198 e. The van der Waals surface area contributed by atoms with Gasteiger partial charge in [-0.15, -0.1) is 11.6 Å². The van der Waals surface area contributed by atoms with Crippen molar-refractivity contribution in [1.29, 1.82) is 5.26 Å². The summed E-state index contributed by atoms with van der Waals surface area (Å²) < 4.78 is 0. The van der Waals surface area contributed by atoms with Crippen LogP contribution in [0.5, 0.6) is 0 Å². The molecule has 7 heavy (non-hydrogen) atoms. The zero-order valence-corrected chi connectivity index (χ0v) is 5.07. The molecule has 0 saturated heterocycles. The van der Waals surface area contributed by atoms with Gasteiger partial charge in [-0.25, -0.2) is 0 Å². The van der Waals surface area contributed by atoms with Gasteiger partial charge in [0.05, 0.1) is 6.07 Å². The monoisotopic (exact) mass is 117 g/mol. The van der Waals surface area contributed by atoms with Crippen molar-refractivity contribution in [3.8, 4) is 6.07 Å². The summed E-state index contributed by atoms with van der Waals surface area (Å²) in [6, 6.07) is 2.08. The van der Waals surface area contributed by atoms with Crippen LogP contribution < -0.4 is 0 Å². The first-order valence-corrected chi connectivity index (χ1v) is 2.80. The van der Waals surface area contributed by atoms with E-state index in [-0.39, 0.29) is 5.92 Å². The van der Waals surface area contributed by atoms with E-state index in [0.29, 0.717) is 5.88 Å². The Kier molecular flexibility index (Phi) is 3.83. The Balaban J connectivity index is 3.04. The molecule has 1 unspecified atom stereocenters. The Morgan fingerprint density at radius 1 is 1.86 bits per heavy atom. The zero-order valence-electron chi connectivity index (χ0n) is 4.32. The van der Waals surface area contributed by atoms with Crippen LogP contribution in [0.15, 0.2) is 0 Å². The molecule has 0 rings (SSSR count). The summed E-state index contributed by atoms with van der Waals surface area (Å²) in [7, 11) is 0. The van der Waals surface area contributed by atoms with Gasteiger partial charge in [0.15, 0.2) is 0 Å². The molecular formula is C5H8ClN. The largest absolute Gasteiger partial charge is 0.198 e. The molecule has 0 bridgehead atoms. The zero-order chi connectivity index (χ0) is 5.70. The van der Waals surface area contributed by atoms with E-state index in [2.05, 4.69) is 6.07 Å². The van der Waals surface area contributed by atoms with Crippen LogP contribution >= 0.6 is 11.6 Å². The van der Waals surface area contributed by atoms with Gasteiger partial charge in [0, 0.05) is 11.8 Å². The van der Waals surface area contributed by atoms with Crippen molar-refractivity contribution in [1.82, 2.24) is 0 Å². The van der Waals surface area contributed by atoms with E-state index >= 15 is 0 Å². The Bertz CT molecular complexity index is 74.6. The van der Waals surface area contributed by atoms with Crippen molar-refractivity contribution in [2.75, 3.05) is 5.88 Å². The lowest BCUT2D eigenvalue weighted by atomic mass is 10.2. The summed E-state index contributed by atoms with van der Waals surface area (Å²) >= 11 is 5.32. The standard InChI is InChI=1S/C5H8ClN/c1-5(4-7)2-3-6/h5H,2-3H2,1H3. The average molecular weight is 118 g/mol. The minimum atomic E-state index is 0.123. The highest BCUT2D eigenvalue weighted by Crippen LogP contribution is 1.98. The van der Waals surface area contributed by atoms with Crippen LogP contribution in [0.2, 0.25) is 0 Å². The average Bonchev–Trinajstić information content (AvgIpc) is 1.68. The second-order valence-electron chi connectivity index (χ2n) is 1.51. The summed E-state index contributed by atoms with van der Waals surface area (Å²) in [4.78, 5) is 0. The number of hydrogen-bond donors (Lipinski definition) is 0. The molecule has 0 fully saturated rings. The molecule has 2 heteroatoms. The lowest BCUT2D eigenvalue weighted by molar-refractivity contribution is 0.718. The van der Waals surface area contributed by atoms with Crippen molar-refractivity contribution in [3.63, 3.8) is 0 Å². The predicted molar refractivity (Wildman–Crippen MR) is 30.1 cm³/mol. The third-order valence-electron chi connectivity index (χ3n) is 0.763.